The number of nitrogens with zero attached hydrogens (tertiary/aromatic N) is 3. The zero-order chi connectivity index (χ0) is 11.4. The number of pyridine rings is 1. The summed E-state index contributed by atoms with van der Waals surface area (Å²) in [5, 5.41) is 11.2. The highest BCUT2D eigenvalue weighted by Crippen LogP contribution is 2.30. The summed E-state index contributed by atoms with van der Waals surface area (Å²) in [6.45, 7) is 8.99. The number of aromatic nitrogens is 1. The zero-order valence-corrected chi connectivity index (χ0v) is 10.0. The molecule has 1 N–H and O–H groups in total. The topological polar surface area (TPSA) is 49.6 Å². The molecule has 0 aliphatic rings. The van der Waals surface area contributed by atoms with Crippen molar-refractivity contribution in [3.05, 3.63) is 16.8 Å². The SMILES string of the molecule is CCNc1nc(C)c(C)c(C)c1N=NC. The molecule has 0 saturated carbocycles. The van der Waals surface area contributed by atoms with Crippen LogP contribution in [0.1, 0.15) is 23.7 Å². The summed E-state index contributed by atoms with van der Waals surface area (Å²) in [6.07, 6.45) is 0. The van der Waals surface area contributed by atoms with Crippen molar-refractivity contribution in [2.24, 2.45) is 10.2 Å². The summed E-state index contributed by atoms with van der Waals surface area (Å²) in [5.41, 5.74) is 4.21. The highest BCUT2D eigenvalue weighted by atomic mass is 15.1. The average Bonchev–Trinajstić information content (AvgIpc) is 2.21. The number of nitrogens with one attached hydrogen (secondary N) is 1. The summed E-state index contributed by atoms with van der Waals surface area (Å²) >= 11 is 0. The predicted octanol–water partition coefficient (Wildman–Crippen LogP) is 3.15. The highest BCUT2D eigenvalue weighted by Gasteiger charge is 2.11. The van der Waals surface area contributed by atoms with Crippen molar-refractivity contribution in [3.8, 4) is 0 Å². The molecule has 0 saturated heterocycles. The maximum atomic E-state index is 4.48. The lowest BCUT2D eigenvalue weighted by molar-refractivity contribution is 1.05. The van der Waals surface area contributed by atoms with Gasteiger partial charge >= 0.3 is 0 Å². The van der Waals surface area contributed by atoms with Gasteiger partial charge in [0.25, 0.3) is 0 Å². The van der Waals surface area contributed by atoms with Crippen LogP contribution in [0.3, 0.4) is 0 Å². The molecule has 1 aromatic rings. The van der Waals surface area contributed by atoms with Crippen molar-refractivity contribution in [2.45, 2.75) is 27.7 Å². The van der Waals surface area contributed by atoms with E-state index in [0.717, 1.165) is 29.3 Å². The van der Waals surface area contributed by atoms with Crippen LogP contribution in [0, 0.1) is 20.8 Å². The van der Waals surface area contributed by atoms with Crippen LogP contribution < -0.4 is 5.32 Å². The number of anilines is 1. The first-order chi connectivity index (χ1) is 7.11. The molecule has 0 spiro atoms. The van der Waals surface area contributed by atoms with Gasteiger partial charge in [0, 0.05) is 19.3 Å². The van der Waals surface area contributed by atoms with Crippen LogP contribution in [-0.2, 0) is 0 Å². The Morgan fingerprint density at radius 3 is 2.40 bits per heavy atom. The summed E-state index contributed by atoms with van der Waals surface area (Å²) < 4.78 is 0. The number of azo groups is 1. The molecule has 1 rings (SSSR count). The van der Waals surface area contributed by atoms with Gasteiger partial charge in [-0.05, 0) is 38.8 Å². The van der Waals surface area contributed by atoms with Gasteiger partial charge < -0.3 is 5.32 Å². The summed E-state index contributed by atoms with van der Waals surface area (Å²) in [4.78, 5) is 4.48. The lowest BCUT2D eigenvalue weighted by Gasteiger charge is -2.12. The number of hydrogen-bond donors (Lipinski definition) is 1. The zero-order valence-electron chi connectivity index (χ0n) is 10.0. The molecule has 0 atom stereocenters. The van der Waals surface area contributed by atoms with Crippen LogP contribution in [0.2, 0.25) is 0 Å². The predicted molar refractivity (Wildman–Crippen MR) is 63.1 cm³/mol. The molecule has 0 unspecified atom stereocenters. The van der Waals surface area contributed by atoms with Crippen LogP contribution in [0.4, 0.5) is 11.5 Å². The Balaban J connectivity index is 3.36. The van der Waals surface area contributed by atoms with E-state index in [9.17, 15) is 0 Å². The Hall–Kier alpha value is -1.45. The fraction of sp³-hybridized carbons (Fsp3) is 0.545. The Kier molecular flexibility index (Phi) is 3.77. The van der Waals surface area contributed by atoms with Crippen LogP contribution in [-0.4, -0.2) is 18.6 Å². The van der Waals surface area contributed by atoms with E-state index >= 15 is 0 Å². The van der Waals surface area contributed by atoms with E-state index in [1.165, 1.54) is 5.56 Å². The van der Waals surface area contributed by atoms with Crippen molar-refractivity contribution in [1.29, 1.82) is 0 Å². The van der Waals surface area contributed by atoms with E-state index in [1.54, 1.807) is 7.05 Å². The van der Waals surface area contributed by atoms with Crippen LogP contribution in [0.5, 0.6) is 0 Å². The van der Waals surface area contributed by atoms with Gasteiger partial charge in [0.15, 0.2) is 5.82 Å². The summed E-state index contributed by atoms with van der Waals surface area (Å²) in [5.74, 6) is 0.823. The molecule has 1 heterocycles. The third-order valence-electron chi connectivity index (χ3n) is 2.51. The Morgan fingerprint density at radius 1 is 1.20 bits per heavy atom. The number of hydrogen-bond acceptors (Lipinski definition) is 4. The molecule has 82 valence electrons. The molecule has 15 heavy (non-hydrogen) atoms. The van der Waals surface area contributed by atoms with Crippen LogP contribution >= 0.6 is 0 Å². The van der Waals surface area contributed by atoms with Gasteiger partial charge in [-0.15, -0.1) is 0 Å². The molecule has 0 aliphatic carbocycles. The Labute approximate surface area is 90.8 Å². The quantitative estimate of drug-likeness (QED) is 0.772. The third kappa shape index (κ3) is 2.32. The Bertz CT molecular complexity index is 383. The molecule has 0 aromatic carbocycles. The first-order valence-electron chi connectivity index (χ1n) is 5.13. The molecule has 1 aromatic heterocycles. The first-order valence-corrected chi connectivity index (χ1v) is 5.13. The van der Waals surface area contributed by atoms with Crippen molar-refractivity contribution >= 4 is 11.5 Å². The fourth-order valence-corrected chi connectivity index (χ4v) is 1.44. The standard InChI is InChI=1S/C11H18N4/c1-6-13-11-10(15-12-5)8(3)7(2)9(4)14-11/h6H2,1-5H3,(H,13,14). The van der Waals surface area contributed by atoms with Crippen molar-refractivity contribution in [3.63, 3.8) is 0 Å². The Morgan fingerprint density at radius 2 is 1.87 bits per heavy atom. The van der Waals surface area contributed by atoms with Crippen molar-refractivity contribution < 1.29 is 0 Å². The minimum atomic E-state index is 0.823. The van der Waals surface area contributed by atoms with E-state index in [-0.39, 0.29) is 0 Å². The molecular formula is C11H18N4. The van der Waals surface area contributed by atoms with Crippen LogP contribution in [0.25, 0.3) is 0 Å². The molecule has 4 heteroatoms. The highest BCUT2D eigenvalue weighted by molar-refractivity contribution is 5.66. The van der Waals surface area contributed by atoms with Gasteiger partial charge in [0.1, 0.15) is 5.69 Å². The van der Waals surface area contributed by atoms with Crippen molar-refractivity contribution in [1.82, 2.24) is 4.98 Å². The average molecular weight is 206 g/mol. The van der Waals surface area contributed by atoms with Crippen molar-refractivity contribution in [2.75, 3.05) is 18.9 Å². The molecule has 0 radical (unpaired) electrons. The molecular weight excluding hydrogens is 188 g/mol. The van der Waals surface area contributed by atoms with E-state index in [2.05, 4.69) is 34.4 Å². The smallest absolute Gasteiger partial charge is 0.154 e. The van der Waals surface area contributed by atoms with E-state index < -0.39 is 0 Å². The second-order valence-corrected chi connectivity index (χ2v) is 3.47. The summed E-state index contributed by atoms with van der Waals surface area (Å²) in [7, 11) is 1.67. The molecule has 0 amide bonds. The number of rotatable bonds is 3. The second-order valence-electron chi connectivity index (χ2n) is 3.47. The maximum Gasteiger partial charge on any atom is 0.154 e. The molecule has 0 bridgehead atoms. The van der Waals surface area contributed by atoms with Crippen LogP contribution in [0.15, 0.2) is 10.2 Å². The normalized spacial score (nSPS) is 11.0. The van der Waals surface area contributed by atoms with Gasteiger partial charge in [-0.25, -0.2) is 4.98 Å². The number of aryl methyl sites for hydroxylation is 1. The summed E-state index contributed by atoms with van der Waals surface area (Å²) in [6, 6.07) is 0. The minimum Gasteiger partial charge on any atom is -0.368 e. The molecule has 4 nitrogen and oxygen atoms in total. The lowest BCUT2D eigenvalue weighted by Crippen LogP contribution is -2.03. The second kappa shape index (κ2) is 4.87. The fourth-order valence-electron chi connectivity index (χ4n) is 1.44. The lowest BCUT2D eigenvalue weighted by atomic mass is 10.1. The maximum absolute atomic E-state index is 4.48. The van der Waals surface area contributed by atoms with Gasteiger partial charge in [0.05, 0.1) is 0 Å². The van der Waals surface area contributed by atoms with E-state index in [0.29, 0.717) is 0 Å². The third-order valence-corrected chi connectivity index (χ3v) is 2.51. The molecule has 0 aliphatic heterocycles. The van der Waals surface area contributed by atoms with Gasteiger partial charge in [-0.3, -0.25) is 0 Å². The van der Waals surface area contributed by atoms with Gasteiger partial charge in [0.2, 0.25) is 0 Å². The van der Waals surface area contributed by atoms with Gasteiger partial charge in [-0.2, -0.15) is 10.2 Å². The minimum absolute atomic E-state index is 0.823. The largest absolute Gasteiger partial charge is 0.368 e. The van der Waals surface area contributed by atoms with E-state index in [4.69, 9.17) is 0 Å². The molecule has 0 fully saturated rings. The monoisotopic (exact) mass is 206 g/mol. The first kappa shape index (κ1) is 11.6. The van der Waals surface area contributed by atoms with E-state index in [1.807, 2.05) is 13.8 Å². The van der Waals surface area contributed by atoms with Gasteiger partial charge in [-0.1, -0.05) is 0 Å².